The van der Waals surface area contributed by atoms with Crippen LogP contribution in [0.15, 0.2) is 41.5 Å². The van der Waals surface area contributed by atoms with E-state index in [4.69, 9.17) is 9.40 Å². The number of oxazole rings is 1. The molecule has 0 unspecified atom stereocenters. The number of aryl methyl sites for hydroxylation is 2. The minimum Gasteiger partial charge on any atom is -0.441 e. The molecule has 1 N–H and O–H groups in total. The summed E-state index contributed by atoms with van der Waals surface area (Å²) >= 11 is 0. The van der Waals surface area contributed by atoms with Crippen molar-refractivity contribution in [1.82, 2.24) is 24.4 Å². The van der Waals surface area contributed by atoms with E-state index in [0.29, 0.717) is 5.92 Å². The fourth-order valence-electron chi connectivity index (χ4n) is 4.07. The van der Waals surface area contributed by atoms with Gasteiger partial charge < -0.3 is 18.9 Å². The summed E-state index contributed by atoms with van der Waals surface area (Å²) < 4.78 is 8.08. The van der Waals surface area contributed by atoms with Gasteiger partial charge in [0.25, 0.3) is 0 Å². The lowest BCUT2D eigenvalue weighted by atomic mass is 9.89. The molecular formula is C20H23N5O. The summed E-state index contributed by atoms with van der Waals surface area (Å²) in [5.74, 6) is 1.38. The molecular weight excluding hydrogens is 326 g/mol. The SMILES string of the molecule is CN1CCC(c2c[nH]c3ccc4oc(CCn5ccnc5)nc4c23)CC1. The summed E-state index contributed by atoms with van der Waals surface area (Å²) in [7, 11) is 2.20. The number of hydrogen-bond donors (Lipinski definition) is 1. The quantitative estimate of drug-likeness (QED) is 0.612. The first-order chi connectivity index (χ1) is 12.8. The number of aromatic nitrogens is 4. The zero-order valence-electron chi connectivity index (χ0n) is 15.0. The predicted molar refractivity (Wildman–Crippen MR) is 101 cm³/mol. The molecule has 1 aliphatic rings. The summed E-state index contributed by atoms with van der Waals surface area (Å²) in [5, 5.41) is 1.25. The molecule has 134 valence electrons. The molecule has 3 aromatic heterocycles. The lowest BCUT2D eigenvalue weighted by Gasteiger charge is -2.28. The summed E-state index contributed by atoms with van der Waals surface area (Å²) in [4.78, 5) is 14.8. The van der Waals surface area contributed by atoms with Crippen LogP contribution in [0.5, 0.6) is 0 Å². The Labute approximate surface area is 151 Å². The zero-order valence-corrected chi connectivity index (χ0v) is 15.0. The van der Waals surface area contributed by atoms with Crippen molar-refractivity contribution in [3.05, 3.63) is 48.5 Å². The molecule has 0 saturated carbocycles. The minimum atomic E-state index is 0.594. The molecule has 0 aliphatic carbocycles. The van der Waals surface area contributed by atoms with E-state index in [0.717, 1.165) is 48.6 Å². The van der Waals surface area contributed by atoms with Crippen LogP contribution in [0.3, 0.4) is 0 Å². The number of hydrogen-bond acceptors (Lipinski definition) is 4. The number of imidazole rings is 1. The fraction of sp³-hybridized carbons (Fsp3) is 0.400. The van der Waals surface area contributed by atoms with E-state index in [-0.39, 0.29) is 0 Å². The van der Waals surface area contributed by atoms with Crippen molar-refractivity contribution >= 4 is 22.0 Å². The molecule has 1 saturated heterocycles. The van der Waals surface area contributed by atoms with E-state index < -0.39 is 0 Å². The van der Waals surface area contributed by atoms with Gasteiger partial charge in [0.05, 0.1) is 6.33 Å². The molecule has 26 heavy (non-hydrogen) atoms. The second-order valence-corrected chi connectivity index (χ2v) is 7.31. The molecule has 0 bridgehead atoms. The normalized spacial score (nSPS) is 16.8. The van der Waals surface area contributed by atoms with E-state index in [1.807, 2.05) is 23.2 Å². The predicted octanol–water partition coefficient (Wildman–Crippen LogP) is 3.56. The van der Waals surface area contributed by atoms with Gasteiger partial charge in [0.1, 0.15) is 5.52 Å². The van der Waals surface area contributed by atoms with Crippen LogP contribution in [0, 0.1) is 0 Å². The van der Waals surface area contributed by atoms with Gasteiger partial charge in [0.2, 0.25) is 0 Å². The topological polar surface area (TPSA) is 62.9 Å². The highest BCUT2D eigenvalue weighted by molar-refractivity contribution is 6.04. The summed E-state index contributed by atoms with van der Waals surface area (Å²) in [6.45, 7) is 3.13. The van der Waals surface area contributed by atoms with Crippen LogP contribution in [0.1, 0.15) is 30.2 Å². The van der Waals surface area contributed by atoms with Gasteiger partial charge in [-0.3, -0.25) is 0 Å². The number of H-pyrrole nitrogens is 1. The smallest absolute Gasteiger partial charge is 0.197 e. The molecule has 1 aromatic carbocycles. The van der Waals surface area contributed by atoms with Gasteiger partial charge >= 0.3 is 0 Å². The van der Waals surface area contributed by atoms with E-state index in [9.17, 15) is 0 Å². The summed E-state index contributed by atoms with van der Waals surface area (Å²) in [6.07, 6.45) is 10.9. The van der Waals surface area contributed by atoms with E-state index in [2.05, 4.69) is 34.2 Å². The first-order valence-corrected chi connectivity index (χ1v) is 9.31. The van der Waals surface area contributed by atoms with Crippen LogP contribution in [-0.4, -0.2) is 44.6 Å². The van der Waals surface area contributed by atoms with Crippen molar-refractivity contribution in [3.63, 3.8) is 0 Å². The Morgan fingerprint density at radius 3 is 2.96 bits per heavy atom. The molecule has 6 nitrogen and oxygen atoms in total. The Morgan fingerprint density at radius 2 is 2.15 bits per heavy atom. The van der Waals surface area contributed by atoms with Gasteiger partial charge in [-0.25, -0.2) is 9.97 Å². The number of rotatable bonds is 4. The van der Waals surface area contributed by atoms with E-state index in [1.54, 1.807) is 6.20 Å². The number of likely N-dealkylation sites (tertiary alicyclic amines) is 1. The van der Waals surface area contributed by atoms with Crippen molar-refractivity contribution in [1.29, 1.82) is 0 Å². The van der Waals surface area contributed by atoms with Gasteiger partial charge in [-0.2, -0.15) is 0 Å². The molecule has 4 heterocycles. The molecule has 6 heteroatoms. The van der Waals surface area contributed by atoms with Gasteiger partial charge in [0.15, 0.2) is 11.5 Å². The first-order valence-electron chi connectivity index (χ1n) is 9.31. The lowest BCUT2D eigenvalue weighted by molar-refractivity contribution is 0.256. The standard InChI is InChI=1S/C20H23N5O/c1-24-8-4-14(5-9-24)15-12-22-16-2-3-17-20(19(15)16)23-18(26-17)6-10-25-11-7-21-13-25/h2-3,7,11-14,22H,4-6,8-10H2,1H3. The number of nitrogens with zero attached hydrogens (tertiary/aromatic N) is 4. The van der Waals surface area contributed by atoms with Crippen molar-refractivity contribution in [2.45, 2.75) is 31.7 Å². The molecule has 0 amide bonds. The van der Waals surface area contributed by atoms with E-state index >= 15 is 0 Å². The van der Waals surface area contributed by atoms with Gasteiger partial charge in [0, 0.05) is 42.5 Å². The second-order valence-electron chi connectivity index (χ2n) is 7.31. The summed E-state index contributed by atoms with van der Waals surface area (Å²) in [6, 6.07) is 4.14. The average Bonchev–Trinajstić information content (AvgIpc) is 3.38. The number of nitrogens with one attached hydrogen (secondary N) is 1. The largest absolute Gasteiger partial charge is 0.441 e. The third kappa shape index (κ3) is 2.70. The van der Waals surface area contributed by atoms with Gasteiger partial charge in [-0.1, -0.05) is 0 Å². The highest BCUT2D eigenvalue weighted by Crippen LogP contribution is 2.36. The monoisotopic (exact) mass is 349 g/mol. The molecule has 0 spiro atoms. The Morgan fingerprint density at radius 1 is 1.27 bits per heavy atom. The maximum atomic E-state index is 6.04. The van der Waals surface area contributed by atoms with Crippen LogP contribution in [0.2, 0.25) is 0 Å². The van der Waals surface area contributed by atoms with Crippen molar-refractivity contribution in [2.75, 3.05) is 20.1 Å². The van der Waals surface area contributed by atoms with Crippen molar-refractivity contribution < 1.29 is 4.42 Å². The minimum absolute atomic E-state index is 0.594. The lowest BCUT2D eigenvalue weighted by Crippen LogP contribution is -2.29. The average molecular weight is 349 g/mol. The second kappa shape index (κ2) is 6.29. The molecule has 5 rings (SSSR count). The summed E-state index contributed by atoms with van der Waals surface area (Å²) in [5.41, 5.74) is 4.43. The molecule has 1 aliphatic heterocycles. The number of benzene rings is 1. The Balaban J connectivity index is 1.50. The first kappa shape index (κ1) is 15.6. The fourth-order valence-corrected chi connectivity index (χ4v) is 4.07. The van der Waals surface area contributed by atoms with Crippen LogP contribution >= 0.6 is 0 Å². The van der Waals surface area contributed by atoms with Gasteiger partial charge in [-0.05, 0) is 56.6 Å². The van der Waals surface area contributed by atoms with Crippen LogP contribution in [-0.2, 0) is 13.0 Å². The van der Waals surface area contributed by atoms with E-state index in [1.165, 1.54) is 23.8 Å². The van der Waals surface area contributed by atoms with Crippen molar-refractivity contribution in [3.8, 4) is 0 Å². The Hall–Kier alpha value is -2.60. The number of aromatic amines is 1. The van der Waals surface area contributed by atoms with Gasteiger partial charge in [-0.15, -0.1) is 0 Å². The highest BCUT2D eigenvalue weighted by atomic mass is 16.3. The maximum Gasteiger partial charge on any atom is 0.197 e. The molecule has 0 radical (unpaired) electrons. The third-order valence-electron chi connectivity index (χ3n) is 5.58. The number of piperidine rings is 1. The molecule has 4 aromatic rings. The molecule has 0 atom stereocenters. The Kier molecular flexibility index (Phi) is 3.78. The Bertz CT molecular complexity index is 1020. The third-order valence-corrected chi connectivity index (χ3v) is 5.58. The van der Waals surface area contributed by atoms with Crippen molar-refractivity contribution in [2.24, 2.45) is 0 Å². The maximum absolute atomic E-state index is 6.04. The van der Waals surface area contributed by atoms with Crippen LogP contribution < -0.4 is 0 Å². The highest BCUT2D eigenvalue weighted by Gasteiger charge is 2.23. The number of fused-ring (bicyclic) bond motifs is 3. The molecule has 1 fully saturated rings. The van der Waals surface area contributed by atoms with Crippen LogP contribution in [0.25, 0.3) is 22.0 Å². The van der Waals surface area contributed by atoms with Crippen LogP contribution in [0.4, 0.5) is 0 Å². The zero-order chi connectivity index (χ0) is 17.5.